The van der Waals surface area contributed by atoms with Crippen molar-refractivity contribution in [1.29, 1.82) is 0 Å². The molecule has 2 rings (SSSR count). The van der Waals surface area contributed by atoms with Crippen molar-refractivity contribution in [3.05, 3.63) is 23.4 Å². The van der Waals surface area contributed by atoms with Gasteiger partial charge in [-0.3, -0.25) is 0 Å². The van der Waals surface area contributed by atoms with Crippen LogP contribution in [0.1, 0.15) is 32.0 Å². The molecule has 2 aromatic rings. The summed E-state index contributed by atoms with van der Waals surface area (Å²) in [5, 5.41) is 4.65. The molecule has 0 unspecified atom stereocenters. The monoisotopic (exact) mass is 374 g/mol. The maximum absolute atomic E-state index is 12.5. The van der Waals surface area contributed by atoms with Crippen molar-refractivity contribution >= 4 is 36.7 Å². The zero-order chi connectivity index (χ0) is 18.3. The van der Waals surface area contributed by atoms with Crippen LogP contribution < -0.4 is 0 Å². The van der Waals surface area contributed by atoms with Crippen LogP contribution in [0.25, 0.3) is 10.9 Å². The van der Waals surface area contributed by atoms with E-state index in [1.54, 1.807) is 33.8 Å². The minimum atomic E-state index is -4.09. The van der Waals surface area contributed by atoms with Crippen molar-refractivity contribution in [2.45, 2.75) is 44.8 Å². The molecule has 0 aliphatic carbocycles. The predicted octanol–water partition coefficient (Wildman–Crippen LogP) is 3.20. The highest BCUT2D eigenvalue weighted by atomic mass is 35.7. The molecule has 0 fully saturated rings. The Kier molecular flexibility index (Phi) is 4.94. The van der Waals surface area contributed by atoms with E-state index in [4.69, 9.17) is 20.2 Å². The van der Waals surface area contributed by atoms with Crippen molar-refractivity contribution in [1.82, 2.24) is 9.78 Å². The maximum Gasteiger partial charge on any atom is 0.435 e. The second-order valence-corrected chi connectivity index (χ2v) is 8.90. The fourth-order valence-electron chi connectivity index (χ4n) is 2.28. The number of hydrogen-bond acceptors (Lipinski definition) is 6. The van der Waals surface area contributed by atoms with Gasteiger partial charge in [0.15, 0.2) is 0 Å². The molecule has 1 aromatic heterocycles. The first kappa shape index (κ1) is 18.7. The Morgan fingerprint density at radius 3 is 2.46 bits per heavy atom. The van der Waals surface area contributed by atoms with Crippen LogP contribution in [-0.2, 0) is 25.1 Å². The van der Waals surface area contributed by atoms with Gasteiger partial charge in [0.25, 0.3) is 9.05 Å². The quantitative estimate of drug-likeness (QED) is 0.766. The fraction of sp³-hybridized carbons (Fsp3) is 0.467. The Balaban J connectivity index is 2.82. The molecule has 1 heterocycles. The normalized spacial score (nSPS) is 12.6. The molecule has 0 atom stereocenters. The zero-order valence-corrected chi connectivity index (χ0v) is 15.7. The first-order valence-electron chi connectivity index (χ1n) is 7.13. The Labute approximate surface area is 144 Å². The van der Waals surface area contributed by atoms with E-state index < -0.39 is 20.7 Å². The van der Waals surface area contributed by atoms with Crippen molar-refractivity contribution in [2.24, 2.45) is 0 Å². The maximum atomic E-state index is 12.5. The molecule has 0 bridgehead atoms. The average Bonchev–Trinajstić information content (AvgIpc) is 2.74. The molecule has 1 aromatic carbocycles. The minimum absolute atomic E-state index is 0.0805. The summed E-state index contributed by atoms with van der Waals surface area (Å²) in [5.74, 6) is 0. The van der Waals surface area contributed by atoms with Gasteiger partial charge in [0, 0.05) is 23.2 Å². The number of benzene rings is 1. The lowest BCUT2D eigenvalue weighted by atomic mass is 10.1. The molecule has 0 aliphatic rings. The molecule has 0 amide bonds. The molecule has 9 heteroatoms. The lowest BCUT2D eigenvalue weighted by molar-refractivity contribution is 0.0520. The van der Waals surface area contributed by atoms with Gasteiger partial charge in [-0.2, -0.15) is 9.78 Å². The molecular formula is C15H19ClN2O5S. The van der Waals surface area contributed by atoms with Gasteiger partial charge in [0.1, 0.15) is 16.0 Å². The Bertz CT molecular complexity index is 897. The minimum Gasteiger partial charge on any atom is -0.442 e. The molecule has 24 heavy (non-hydrogen) atoms. The second kappa shape index (κ2) is 6.34. The SMILES string of the molecule is COCc1nn(C(=O)OC(C)(C)C)c2c(S(=O)(=O)Cl)cc(C)cc12. The summed E-state index contributed by atoms with van der Waals surface area (Å²) in [4.78, 5) is 12.3. The molecule has 0 saturated carbocycles. The number of carbonyl (C=O) groups excluding carboxylic acids is 1. The highest BCUT2D eigenvalue weighted by molar-refractivity contribution is 8.14. The van der Waals surface area contributed by atoms with Crippen molar-refractivity contribution < 1.29 is 22.7 Å². The van der Waals surface area contributed by atoms with Gasteiger partial charge in [-0.15, -0.1) is 0 Å². The van der Waals surface area contributed by atoms with Crippen LogP contribution in [0, 0.1) is 6.92 Å². The van der Waals surface area contributed by atoms with Crippen LogP contribution in [0.5, 0.6) is 0 Å². The van der Waals surface area contributed by atoms with Crippen LogP contribution in [0.3, 0.4) is 0 Å². The summed E-state index contributed by atoms with van der Waals surface area (Å²) in [5.41, 5.74) is 0.407. The van der Waals surface area contributed by atoms with Gasteiger partial charge < -0.3 is 9.47 Å². The number of halogens is 1. The Morgan fingerprint density at radius 2 is 1.96 bits per heavy atom. The second-order valence-electron chi connectivity index (χ2n) is 6.37. The van der Waals surface area contributed by atoms with Crippen molar-refractivity contribution in [3.63, 3.8) is 0 Å². The van der Waals surface area contributed by atoms with Gasteiger partial charge in [0.05, 0.1) is 12.3 Å². The summed E-state index contributed by atoms with van der Waals surface area (Å²) < 4.78 is 35.2. The van der Waals surface area contributed by atoms with E-state index in [1.807, 2.05) is 0 Å². The summed E-state index contributed by atoms with van der Waals surface area (Å²) in [7, 11) is 2.94. The fourth-order valence-corrected chi connectivity index (χ4v) is 3.38. The van der Waals surface area contributed by atoms with E-state index in [-0.39, 0.29) is 17.0 Å². The average molecular weight is 375 g/mol. The first-order valence-corrected chi connectivity index (χ1v) is 9.44. The standard InChI is InChI=1S/C15H19ClN2O5S/c1-9-6-10-11(8-22-5)17-18(14(19)23-15(2,3)4)13(10)12(7-9)24(16,20)21/h6-7H,8H2,1-5H3. The van der Waals surface area contributed by atoms with Gasteiger partial charge in [0.2, 0.25) is 0 Å². The van der Waals surface area contributed by atoms with Crippen molar-refractivity contribution in [3.8, 4) is 0 Å². The summed E-state index contributed by atoms with van der Waals surface area (Å²) in [6.45, 7) is 6.95. The van der Waals surface area contributed by atoms with E-state index in [1.165, 1.54) is 13.2 Å². The Hall–Kier alpha value is -1.64. The van der Waals surface area contributed by atoms with E-state index >= 15 is 0 Å². The molecule has 0 saturated heterocycles. The first-order chi connectivity index (χ1) is 10.9. The third-order valence-corrected chi connectivity index (χ3v) is 4.41. The van der Waals surface area contributed by atoms with E-state index in [0.29, 0.717) is 16.6 Å². The lowest BCUT2D eigenvalue weighted by Gasteiger charge is -2.19. The number of methoxy groups -OCH3 is 1. The van der Waals surface area contributed by atoms with Crippen LogP contribution in [0.2, 0.25) is 0 Å². The predicted molar refractivity (Wildman–Crippen MR) is 89.9 cm³/mol. The van der Waals surface area contributed by atoms with Crippen LogP contribution in [-0.4, -0.2) is 37.0 Å². The van der Waals surface area contributed by atoms with Gasteiger partial charge in [-0.1, -0.05) is 0 Å². The smallest absolute Gasteiger partial charge is 0.435 e. The summed E-state index contributed by atoms with van der Waals surface area (Å²) in [6.07, 6.45) is -0.791. The van der Waals surface area contributed by atoms with E-state index in [9.17, 15) is 13.2 Å². The molecular weight excluding hydrogens is 356 g/mol. The van der Waals surface area contributed by atoms with Gasteiger partial charge in [-0.25, -0.2) is 13.2 Å². The molecule has 0 aliphatic heterocycles. The number of ether oxygens (including phenoxy) is 2. The third kappa shape index (κ3) is 3.88. The molecule has 7 nitrogen and oxygen atoms in total. The molecule has 132 valence electrons. The largest absolute Gasteiger partial charge is 0.442 e. The zero-order valence-electron chi connectivity index (χ0n) is 14.1. The summed E-state index contributed by atoms with van der Waals surface area (Å²) in [6, 6.07) is 3.12. The number of rotatable bonds is 3. The van der Waals surface area contributed by atoms with E-state index in [0.717, 1.165) is 4.68 Å². The topological polar surface area (TPSA) is 87.5 Å². The number of fused-ring (bicyclic) bond motifs is 1. The number of hydrogen-bond donors (Lipinski definition) is 0. The number of aryl methyl sites for hydroxylation is 1. The highest BCUT2D eigenvalue weighted by Gasteiger charge is 2.27. The molecule has 0 N–H and O–H groups in total. The molecule has 0 spiro atoms. The number of aromatic nitrogens is 2. The Morgan fingerprint density at radius 1 is 1.33 bits per heavy atom. The van der Waals surface area contributed by atoms with Crippen LogP contribution >= 0.6 is 10.7 Å². The molecule has 0 radical (unpaired) electrons. The number of carbonyl (C=O) groups is 1. The van der Waals surface area contributed by atoms with Crippen molar-refractivity contribution in [2.75, 3.05) is 7.11 Å². The van der Waals surface area contributed by atoms with Crippen LogP contribution in [0.15, 0.2) is 17.0 Å². The summed E-state index contributed by atoms with van der Waals surface area (Å²) >= 11 is 0. The van der Waals surface area contributed by atoms with Gasteiger partial charge in [-0.05, 0) is 45.4 Å². The third-order valence-electron chi connectivity index (χ3n) is 3.07. The lowest BCUT2D eigenvalue weighted by Crippen LogP contribution is -2.28. The van der Waals surface area contributed by atoms with Gasteiger partial charge >= 0.3 is 6.09 Å². The van der Waals surface area contributed by atoms with E-state index in [2.05, 4.69) is 5.10 Å². The highest BCUT2D eigenvalue weighted by Crippen LogP contribution is 2.30. The van der Waals surface area contributed by atoms with Crippen LogP contribution in [0.4, 0.5) is 4.79 Å². The number of nitrogens with zero attached hydrogens (tertiary/aromatic N) is 2.